The molecule has 0 N–H and O–H groups in total. The maximum absolute atomic E-state index is 5.61. The SMILES string of the molecule is CCCC1=CCc2coc(CCC)c21. The fraction of sp³-hybridized carbons (Fsp3) is 0.538. The Bertz CT molecular complexity index is 344. The van der Waals surface area contributed by atoms with Crippen LogP contribution in [0.2, 0.25) is 0 Å². The highest BCUT2D eigenvalue weighted by Gasteiger charge is 2.20. The van der Waals surface area contributed by atoms with Crippen molar-refractivity contribution in [2.24, 2.45) is 0 Å². The van der Waals surface area contributed by atoms with E-state index >= 15 is 0 Å². The van der Waals surface area contributed by atoms with Gasteiger partial charge in [0, 0.05) is 17.5 Å². The molecule has 0 aliphatic heterocycles. The maximum atomic E-state index is 5.61. The molecular formula is C13H18O. The summed E-state index contributed by atoms with van der Waals surface area (Å²) in [7, 11) is 0. The van der Waals surface area contributed by atoms with Crippen LogP contribution in [-0.2, 0) is 12.8 Å². The second kappa shape index (κ2) is 4.04. The second-order valence-corrected chi connectivity index (χ2v) is 3.99. The maximum Gasteiger partial charge on any atom is 0.111 e. The van der Waals surface area contributed by atoms with E-state index in [9.17, 15) is 0 Å². The first-order chi connectivity index (χ1) is 6.86. The van der Waals surface area contributed by atoms with Crippen LogP contribution in [0, 0.1) is 0 Å². The first kappa shape index (κ1) is 9.57. The van der Waals surface area contributed by atoms with Crippen molar-refractivity contribution in [2.45, 2.75) is 46.0 Å². The van der Waals surface area contributed by atoms with Crippen molar-refractivity contribution in [3.8, 4) is 0 Å². The molecule has 1 heteroatoms. The molecule has 0 saturated carbocycles. The van der Waals surface area contributed by atoms with Crippen LogP contribution in [0.15, 0.2) is 16.8 Å². The molecule has 76 valence electrons. The predicted octanol–water partition coefficient (Wildman–Crippen LogP) is 3.97. The van der Waals surface area contributed by atoms with Gasteiger partial charge in [-0.1, -0.05) is 26.3 Å². The van der Waals surface area contributed by atoms with Crippen molar-refractivity contribution >= 4 is 5.57 Å². The first-order valence-electron chi connectivity index (χ1n) is 5.65. The van der Waals surface area contributed by atoms with E-state index in [2.05, 4.69) is 19.9 Å². The topological polar surface area (TPSA) is 13.1 Å². The Kier molecular flexibility index (Phi) is 2.76. The van der Waals surface area contributed by atoms with Crippen molar-refractivity contribution in [1.82, 2.24) is 0 Å². The lowest BCUT2D eigenvalue weighted by Crippen LogP contribution is -1.88. The number of aryl methyl sites for hydroxylation is 1. The first-order valence-corrected chi connectivity index (χ1v) is 5.65. The molecule has 0 radical (unpaired) electrons. The van der Waals surface area contributed by atoms with Crippen molar-refractivity contribution in [3.05, 3.63) is 29.2 Å². The van der Waals surface area contributed by atoms with Gasteiger partial charge in [0.05, 0.1) is 6.26 Å². The molecule has 0 amide bonds. The van der Waals surface area contributed by atoms with Gasteiger partial charge in [0.1, 0.15) is 5.76 Å². The molecule has 0 saturated heterocycles. The fourth-order valence-electron chi connectivity index (χ4n) is 2.22. The van der Waals surface area contributed by atoms with E-state index in [0.717, 1.165) is 12.8 Å². The van der Waals surface area contributed by atoms with Crippen LogP contribution >= 0.6 is 0 Å². The number of furan rings is 1. The Labute approximate surface area is 85.8 Å². The third kappa shape index (κ3) is 1.52. The summed E-state index contributed by atoms with van der Waals surface area (Å²) in [4.78, 5) is 0. The highest BCUT2D eigenvalue weighted by atomic mass is 16.3. The lowest BCUT2D eigenvalue weighted by Gasteiger charge is -2.03. The van der Waals surface area contributed by atoms with Gasteiger partial charge in [-0.3, -0.25) is 0 Å². The lowest BCUT2D eigenvalue weighted by molar-refractivity contribution is 0.503. The summed E-state index contributed by atoms with van der Waals surface area (Å²) in [5.74, 6) is 1.21. The minimum Gasteiger partial charge on any atom is -0.468 e. The summed E-state index contributed by atoms with van der Waals surface area (Å²) in [6.45, 7) is 4.44. The highest BCUT2D eigenvalue weighted by molar-refractivity contribution is 5.74. The molecule has 1 aliphatic carbocycles. The molecule has 1 heterocycles. The zero-order valence-corrected chi connectivity index (χ0v) is 9.10. The van der Waals surface area contributed by atoms with E-state index in [-0.39, 0.29) is 0 Å². The molecule has 1 aliphatic rings. The minimum absolute atomic E-state index is 1.08. The number of rotatable bonds is 4. The molecular weight excluding hydrogens is 172 g/mol. The predicted molar refractivity (Wildman–Crippen MR) is 59.3 cm³/mol. The quantitative estimate of drug-likeness (QED) is 0.700. The van der Waals surface area contributed by atoms with Crippen LogP contribution in [0.3, 0.4) is 0 Å². The van der Waals surface area contributed by atoms with Crippen molar-refractivity contribution < 1.29 is 4.42 Å². The van der Waals surface area contributed by atoms with E-state index in [0.29, 0.717) is 0 Å². The zero-order chi connectivity index (χ0) is 9.97. The Morgan fingerprint density at radius 2 is 2.00 bits per heavy atom. The summed E-state index contributed by atoms with van der Waals surface area (Å²) in [6, 6.07) is 0. The molecule has 0 spiro atoms. The Morgan fingerprint density at radius 3 is 2.71 bits per heavy atom. The van der Waals surface area contributed by atoms with Crippen molar-refractivity contribution in [2.75, 3.05) is 0 Å². The Morgan fingerprint density at radius 1 is 1.21 bits per heavy atom. The van der Waals surface area contributed by atoms with E-state index in [1.54, 1.807) is 0 Å². The standard InChI is InChI=1S/C13H18O/c1-3-5-10-7-8-11-9-14-12(6-4-2)13(10)11/h7,9H,3-6,8H2,1-2H3. The summed E-state index contributed by atoms with van der Waals surface area (Å²) < 4.78 is 5.61. The average Bonchev–Trinajstić information content (AvgIpc) is 2.72. The van der Waals surface area contributed by atoms with Gasteiger partial charge in [0.2, 0.25) is 0 Å². The van der Waals surface area contributed by atoms with Gasteiger partial charge in [0.25, 0.3) is 0 Å². The van der Waals surface area contributed by atoms with E-state index in [1.165, 1.54) is 41.7 Å². The third-order valence-corrected chi connectivity index (χ3v) is 2.83. The molecule has 1 aromatic rings. The minimum atomic E-state index is 1.08. The molecule has 1 nitrogen and oxygen atoms in total. The molecule has 14 heavy (non-hydrogen) atoms. The number of hydrogen-bond donors (Lipinski definition) is 0. The van der Waals surface area contributed by atoms with Crippen LogP contribution in [-0.4, -0.2) is 0 Å². The summed E-state index contributed by atoms with van der Waals surface area (Å²) >= 11 is 0. The van der Waals surface area contributed by atoms with Gasteiger partial charge < -0.3 is 4.42 Å². The van der Waals surface area contributed by atoms with E-state index in [1.807, 2.05) is 6.26 Å². The highest BCUT2D eigenvalue weighted by Crippen LogP contribution is 2.35. The Hall–Kier alpha value is -0.980. The smallest absolute Gasteiger partial charge is 0.111 e. The largest absolute Gasteiger partial charge is 0.468 e. The normalized spacial score (nSPS) is 14.3. The zero-order valence-electron chi connectivity index (χ0n) is 9.10. The number of hydrogen-bond acceptors (Lipinski definition) is 1. The number of fused-ring (bicyclic) bond motifs is 1. The molecule has 0 fully saturated rings. The van der Waals surface area contributed by atoms with Gasteiger partial charge in [-0.15, -0.1) is 0 Å². The van der Waals surface area contributed by atoms with Gasteiger partial charge in [-0.2, -0.15) is 0 Å². The Balaban J connectivity index is 2.27. The summed E-state index contributed by atoms with van der Waals surface area (Å²) in [6.07, 6.45) is 10.1. The monoisotopic (exact) mass is 190 g/mol. The van der Waals surface area contributed by atoms with Crippen LogP contribution in [0.4, 0.5) is 0 Å². The van der Waals surface area contributed by atoms with Crippen molar-refractivity contribution in [1.29, 1.82) is 0 Å². The molecule has 0 aromatic carbocycles. The van der Waals surface area contributed by atoms with Gasteiger partial charge in [-0.25, -0.2) is 0 Å². The third-order valence-electron chi connectivity index (χ3n) is 2.83. The lowest BCUT2D eigenvalue weighted by atomic mass is 10.0. The van der Waals surface area contributed by atoms with Crippen LogP contribution in [0.25, 0.3) is 5.57 Å². The van der Waals surface area contributed by atoms with E-state index in [4.69, 9.17) is 4.42 Å². The van der Waals surface area contributed by atoms with E-state index < -0.39 is 0 Å². The summed E-state index contributed by atoms with van der Waals surface area (Å²) in [5.41, 5.74) is 4.35. The molecule has 2 rings (SSSR count). The van der Waals surface area contributed by atoms with Gasteiger partial charge in [0.15, 0.2) is 0 Å². The molecule has 0 unspecified atom stereocenters. The fourth-order valence-corrected chi connectivity index (χ4v) is 2.22. The van der Waals surface area contributed by atoms with Crippen LogP contribution in [0.5, 0.6) is 0 Å². The molecule has 0 atom stereocenters. The summed E-state index contributed by atoms with van der Waals surface area (Å²) in [5, 5.41) is 0. The van der Waals surface area contributed by atoms with Crippen LogP contribution in [0.1, 0.15) is 50.0 Å². The molecule has 1 aromatic heterocycles. The number of allylic oxidation sites excluding steroid dienone is 2. The van der Waals surface area contributed by atoms with Gasteiger partial charge in [-0.05, 0) is 24.8 Å². The van der Waals surface area contributed by atoms with Crippen LogP contribution < -0.4 is 0 Å². The second-order valence-electron chi connectivity index (χ2n) is 3.99. The molecule has 0 bridgehead atoms. The van der Waals surface area contributed by atoms with Crippen molar-refractivity contribution in [3.63, 3.8) is 0 Å². The average molecular weight is 190 g/mol. The van der Waals surface area contributed by atoms with Gasteiger partial charge >= 0.3 is 0 Å².